The summed E-state index contributed by atoms with van der Waals surface area (Å²) in [6.45, 7) is 0. The number of H-pyrrole nitrogens is 1. The summed E-state index contributed by atoms with van der Waals surface area (Å²) < 4.78 is 0. The summed E-state index contributed by atoms with van der Waals surface area (Å²) in [6.07, 6.45) is 1.73. The van der Waals surface area contributed by atoms with E-state index in [0.717, 1.165) is 10.9 Å². The molecule has 78 valence electrons. The van der Waals surface area contributed by atoms with E-state index in [2.05, 4.69) is 15.6 Å². The van der Waals surface area contributed by atoms with Gasteiger partial charge in [-0.25, -0.2) is 5.01 Å². The first-order chi connectivity index (χ1) is 7.16. The number of hydrogen-bond acceptors (Lipinski definition) is 3. The highest BCUT2D eigenvalue weighted by Crippen LogP contribution is 2.12. The average molecular weight is 204 g/mol. The molecule has 0 saturated heterocycles. The first kappa shape index (κ1) is 9.67. The van der Waals surface area contributed by atoms with Gasteiger partial charge in [-0.3, -0.25) is 15.3 Å². The van der Waals surface area contributed by atoms with Gasteiger partial charge in [0.1, 0.15) is 0 Å². The van der Waals surface area contributed by atoms with Crippen LogP contribution in [0.25, 0.3) is 10.9 Å². The lowest BCUT2D eigenvalue weighted by Gasteiger charge is -2.11. The highest BCUT2D eigenvalue weighted by atomic mass is 16.2. The molecule has 5 heteroatoms. The Morgan fingerprint density at radius 1 is 1.47 bits per heavy atom. The van der Waals surface area contributed by atoms with Crippen LogP contribution < -0.4 is 5.43 Å². The summed E-state index contributed by atoms with van der Waals surface area (Å²) in [4.78, 5) is 11.6. The summed E-state index contributed by atoms with van der Waals surface area (Å²) in [5.41, 5.74) is 4.15. The monoisotopic (exact) mass is 204 g/mol. The van der Waals surface area contributed by atoms with Crippen molar-refractivity contribution in [3.63, 3.8) is 0 Å². The SMILES string of the molecule is CN(C)NC(=O)c1ccc2cn[nH]c2c1. The van der Waals surface area contributed by atoms with Crippen molar-refractivity contribution in [2.45, 2.75) is 0 Å². The summed E-state index contributed by atoms with van der Waals surface area (Å²) in [5.74, 6) is -0.128. The van der Waals surface area contributed by atoms with E-state index in [1.54, 1.807) is 37.4 Å². The Bertz CT molecular complexity index is 489. The molecule has 0 atom stereocenters. The van der Waals surface area contributed by atoms with E-state index < -0.39 is 0 Å². The number of nitrogens with zero attached hydrogens (tertiary/aromatic N) is 2. The molecular weight excluding hydrogens is 192 g/mol. The number of nitrogens with one attached hydrogen (secondary N) is 2. The van der Waals surface area contributed by atoms with Crippen LogP contribution in [0.5, 0.6) is 0 Å². The number of rotatable bonds is 2. The van der Waals surface area contributed by atoms with Crippen LogP contribution in [-0.4, -0.2) is 35.2 Å². The fraction of sp³-hybridized carbons (Fsp3) is 0.200. The number of hydrazine groups is 1. The Morgan fingerprint density at radius 2 is 2.27 bits per heavy atom. The molecule has 0 fully saturated rings. The summed E-state index contributed by atoms with van der Waals surface area (Å²) in [6, 6.07) is 5.42. The molecule has 15 heavy (non-hydrogen) atoms. The minimum absolute atomic E-state index is 0.128. The number of fused-ring (bicyclic) bond motifs is 1. The van der Waals surface area contributed by atoms with Crippen molar-refractivity contribution in [3.05, 3.63) is 30.0 Å². The van der Waals surface area contributed by atoms with Crippen LogP contribution in [0.2, 0.25) is 0 Å². The molecule has 2 aromatic rings. The van der Waals surface area contributed by atoms with E-state index in [1.165, 1.54) is 0 Å². The van der Waals surface area contributed by atoms with Gasteiger partial charge < -0.3 is 0 Å². The molecule has 0 saturated carbocycles. The summed E-state index contributed by atoms with van der Waals surface area (Å²) in [7, 11) is 3.54. The van der Waals surface area contributed by atoms with Crippen LogP contribution in [0.1, 0.15) is 10.4 Å². The van der Waals surface area contributed by atoms with E-state index in [1.807, 2.05) is 6.07 Å². The molecule has 0 aliphatic heterocycles. The molecule has 2 rings (SSSR count). The van der Waals surface area contributed by atoms with E-state index in [-0.39, 0.29) is 5.91 Å². The van der Waals surface area contributed by atoms with Gasteiger partial charge in [-0.15, -0.1) is 0 Å². The Balaban J connectivity index is 2.31. The zero-order chi connectivity index (χ0) is 10.8. The molecule has 1 heterocycles. The molecule has 0 bridgehead atoms. The van der Waals surface area contributed by atoms with Gasteiger partial charge in [0.05, 0.1) is 11.7 Å². The predicted molar refractivity (Wildman–Crippen MR) is 57.2 cm³/mol. The molecule has 1 aromatic heterocycles. The first-order valence-electron chi connectivity index (χ1n) is 4.58. The summed E-state index contributed by atoms with van der Waals surface area (Å²) in [5, 5.41) is 9.33. The zero-order valence-electron chi connectivity index (χ0n) is 8.61. The van der Waals surface area contributed by atoms with Gasteiger partial charge in [-0.1, -0.05) is 6.07 Å². The van der Waals surface area contributed by atoms with Crippen LogP contribution >= 0.6 is 0 Å². The lowest BCUT2D eigenvalue weighted by atomic mass is 10.1. The average Bonchev–Trinajstić information content (AvgIpc) is 2.62. The molecule has 0 aliphatic carbocycles. The summed E-state index contributed by atoms with van der Waals surface area (Å²) >= 11 is 0. The lowest BCUT2D eigenvalue weighted by molar-refractivity contribution is 0.0857. The van der Waals surface area contributed by atoms with Crippen LogP contribution in [0.3, 0.4) is 0 Å². The Morgan fingerprint density at radius 3 is 3.00 bits per heavy atom. The smallest absolute Gasteiger partial charge is 0.265 e. The van der Waals surface area contributed by atoms with Crippen LogP contribution in [0.15, 0.2) is 24.4 Å². The fourth-order valence-corrected chi connectivity index (χ4v) is 1.35. The van der Waals surface area contributed by atoms with Gasteiger partial charge >= 0.3 is 0 Å². The number of aromatic nitrogens is 2. The Labute approximate surface area is 87.0 Å². The number of carbonyl (C=O) groups excluding carboxylic acids is 1. The van der Waals surface area contributed by atoms with Gasteiger partial charge in [0.25, 0.3) is 5.91 Å². The minimum atomic E-state index is -0.128. The maximum atomic E-state index is 11.6. The highest BCUT2D eigenvalue weighted by Gasteiger charge is 2.07. The third kappa shape index (κ3) is 1.97. The standard InChI is InChI=1S/C10H12N4O/c1-14(2)13-10(15)7-3-4-8-6-11-12-9(8)5-7/h3-6H,1-2H3,(H,11,12)(H,13,15). The second kappa shape index (κ2) is 3.70. The topological polar surface area (TPSA) is 61.0 Å². The lowest BCUT2D eigenvalue weighted by Crippen LogP contribution is -2.36. The first-order valence-corrected chi connectivity index (χ1v) is 4.58. The zero-order valence-corrected chi connectivity index (χ0v) is 8.61. The number of benzene rings is 1. The van der Waals surface area contributed by atoms with E-state index in [9.17, 15) is 4.79 Å². The minimum Gasteiger partial charge on any atom is -0.285 e. The molecule has 5 nitrogen and oxygen atoms in total. The molecule has 1 amide bonds. The van der Waals surface area contributed by atoms with Crippen LogP contribution in [0, 0.1) is 0 Å². The van der Waals surface area contributed by atoms with Gasteiger partial charge in [0.2, 0.25) is 0 Å². The molecule has 0 aliphatic rings. The van der Waals surface area contributed by atoms with E-state index >= 15 is 0 Å². The highest BCUT2D eigenvalue weighted by molar-refractivity contribution is 5.97. The molecule has 0 radical (unpaired) electrons. The number of aromatic amines is 1. The van der Waals surface area contributed by atoms with Crippen molar-refractivity contribution in [2.24, 2.45) is 0 Å². The van der Waals surface area contributed by atoms with Gasteiger partial charge in [-0.05, 0) is 12.1 Å². The maximum Gasteiger partial charge on any atom is 0.265 e. The maximum absolute atomic E-state index is 11.6. The quantitative estimate of drug-likeness (QED) is 0.710. The second-order valence-electron chi connectivity index (χ2n) is 3.51. The van der Waals surface area contributed by atoms with Crippen molar-refractivity contribution in [1.29, 1.82) is 0 Å². The largest absolute Gasteiger partial charge is 0.285 e. The Kier molecular flexibility index (Phi) is 2.39. The van der Waals surface area contributed by atoms with Crippen LogP contribution in [0.4, 0.5) is 0 Å². The number of amides is 1. The van der Waals surface area contributed by atoms with Gasteiger partial charge in [0, 0.05) is 25.0 Å². The molecule has 0 spiro atoms. The third-order valence-corrected chi connectivity index (χ3v) is 2.03. The third-order valence-electron chi connectivity index (χ3n) is 2.03. The van der Waals surface area contributed by atoms with E-state index in [4.69, 9.17) is 0 Å². The van der Waals surface area contributed by atoms with Crippen LogP contribution in [-0.2, 0) is 0 Å². The normalized spacial score (nSPS) is 10.9. The van der Waals surface area contributed by atoms with Crippen molar-refractivity contribution < 1.29 is 4.79 Å². The number of carbonyl (C=O) groups is 1. The molecule has 0 unspecified atom stereocenters. The van der Waals surface area contributed by atoms with Crippen molar-refractivity contribution in [2.75, 3.05) is 14.1 Å². The predicted octanol–water partition coefficient (Wildman–Crippen LogP) is 0.769. The number of hydrogen-bond donors (Lipinski definition) is 2. The molecule has 1 aromatic carbocycles. The Hall–Kier alpha value is -1.88. The van der Waals surface area contributed by atoms with Crippen molar-refractivity contribution in [1.82, 2.24) is 20.6 Å². The van der Waals surface area contributed by atoms with Crippen molar-refractivity contribution in [3.8, 4) is 0 Å². The molecular formula is C10H12N4O. The fourth-order valence-electron chi connectivity index (χ4n) is 1.35. The van der Waals surface area contributed by atoms with Gasteiger partial charge in [-0.2, -0.15) is 5.10 Å². The second-order valence-corrected chi connectivity index (χ2v) is 3.51. The van der Waals surface area contributed by atoms with E-state index in [0.29, 0.717) is 5.56 Å². The van der Waals surface area contributed by atoms with Gasteiger partial charge in [0.15, 0.2) is 0 Å². The van der Waals surface area contributed by atoms with Crippen molar-refractivity contribution >= 4 is 16.8 Å². The molecule has 2 N–H and O–H groups in total.